The lowest BCUT2D eigenvalue weighted by molar-refractivity contribution is 0.793. The van der Waals surface area contributed by atoms with Crippen LogP contribution >= 0.6 is 31.9 Å². The molecule has 0 aliphatic heterocycles. The molecule has 0 nitrogen and oxygen atoms in total. The molecule has 2 aliphatic rings. The summed E-state index contributed by atoms with van der Waals surface area (Å²) < 4.78 is 2.23. The summed E-state index contributed by atoms with van der Waals surface area (Å²) in [7, 11) is 0. The first kappa shape index (κ1) is 15.9. The van der Waals surface area contributed by atoms with E-state index in [9.17, 15) is 0 Å². The molecule has 0 heterocycles. The van der Waals surface area contributed by atoms with Gasteiger partial charge in [0.15, 0.2) is 0 Å². The molecule has 0 bridgehead atoms. The largest absolute Gasteiger partial charge is 0.0725 e. The summed E-state index contributed by atoms with van der Waals surface area (Å²) in [5.41, 5.74) is 10.6. The normalized spacial score (nSPS) is 14.6. The lowest BCUT2D eigenvalue weighted by Gasteiger charge is -2.30. The van der Waals surface area contributed by atoms with E-state index in [0.717, 1.165) is 8.95 Å². The molecule has 0 atom stereocenters. The standard InChI is InChI=1S/C25H14Br2/c26-15-9-11-23-19(13-15)20-14-16(27)10-12-24(20)25(23)21-7-3-1-5-17(21)18-6-2-4-8-22(18)25/h1-14H. The van der Waals surface area contributed by atoms with Crippen LogP contribution in [0.25, 0.3) is 22.3 Å². The SMILES string of the molecule is Brc1ccc2c(c1)-c1cc(Br)ccc1C21c2ccccc2-c2ccccc21. The van der Waals surface area contributed by atoms with Gasteiger partial charge >= 0.3 is 0 Å². The van der Waals surface area contributed by atoms with Crippen molar-refractivity contribution in [1.29, 1.82) is 0 Å². The van der Waals surface area contributed by atoms with Crippen LogP contribution in [0.1, 0.15) is 22.3 Å². The van der Waals surface area contributed by atoms with Crippen molar-refractivity contribution in [2.45, 2.75) is 5.41 Å². The first-order valence-corrected chi connectivity index (χ1v) is 10.6. The Bertz CT molecular complexity index is 1150. The first-order valence-electron chi connectivity index (χ1n) is 9.01. The van der Waals surface area contributed by atoms with E-state index in [-0.39, 0.29) is 5.41 Å². The fraction of sp³-hybridized carbons (Fsp3) is 0.0400. The summed E-state index contributed by atoms with van der Waals surface area (Å²) in [5, 5.41) is 0. The van der Waals surface area contributed by atoms with Crippen LogP contribution in [0.3, 0.4) is 0 Å². The molecule has 0 fully saturated rings. The van der Waals surface area contributed by atoms with E-state index in [2.05, 4.69) is 117 Å². The first-order chi connectivity index (χ1) is 13.2. The molecule has 2 aliphatic carbocycles. The van der Waals surface area contributed by atoms with Crippen molar-refractivity contribution in [1.82, 2.24) is 0 Å². The average Bonchev–Trinajstić information content (AvgIpc) is 3.14. The van der Waals surface area contributed by atoms with Crippen molar-refractivity contribution < 1.29 is 0 Å². The lowest BCUT2D eigenvalue weighted by atomic mass is 9.70. The molecule has 128 valence electrons. The van der Waals surface area contributed by atoms with Crippen LogP contribution in [0.15, 0.2) is 93.9 Å². The summed E-state index contributed by atoms with van der Waals surface area (Å²) in [4.78, 5) is 0. The second-order valence-electron chi connectivity index (χ2n) is 7.22. The van der Waals surface area contributed by atoms with Gasteiger partial charge in [-0.1, -0.05) is 92.5 Å². The predicted molar refractivity (Wildman–Crippen MR) is 118 cm³/mol. The van der Waals surface area contributed by atoms with E-state index in [1.807, 2.05) is 0 Å². The van der Waals surface area contributed by atoms with Gasteiger partial charge in [0.05, 0.1) is 5.41 Å². The third-order valence-electron chi connectivity index (χ3n) is 6.01. The molecule has 0 amide bonds. The molecule has 0 saturated carbocycles. The van der Waals surface area contributed by atoms with E-state index < -0.39 is 0 Å². The van der Waals surface area contributed by atoms with E-state index in [1.165, 1.54) is 44.5 Å². The number of fused-ring (bicyclic) bond motifs is 10. The zero-order valence-corrected chi connectivity index (χ0v) is 17.5. The Balaban J connectivity index is 1.86. The van der Waals surface area contributed by atoms with Crippen molar-refractivity contribution in [3.63, 3.8) is 0 Å². The quantitative estimate of drug-likeness (QED) is 0.213. The minimum Gasteiger partial charge on any atom is -0.0619 e. The molecule has 6 rings (SSSR count). The zero-order valence-electron chi connectivity index (χ0n) is 14.3. The van der Waals surface area contributed by atoms with Gasteiger partial charge in [-0.3, -0.25) is 0 Å². The second kappa shape index (κ2) is 5.43. The molecule has 0 unspecified atom stereocenters. The van der Waals surface area contributed by atoms with Gasteiger partial charge in [-0.2, -0.15) is 0 Å². The highest BCUT2D eigenvalue weighted by Crippen LogP contribution is 2.63. The van der Waals surface area contributed by atoms with Gasteiger partial charge in [-0.15, -0.1) is 0 Å². The van der Waals surface area contributed by atoms with Gasteiger partial charge in [-0.25, -0.2) is 0 Å². The molecule has 0 radical (unpaired) electrons. The molecule has 4 aromatic carbocycles. The summed E-state index contributed by atoms with van der Waals surface area (Å²) in [6, 6.07) is 31.2. The molecule has 0 N–H and O–H groups in total. The average molecular weight is 474 g/mol. The Hall–Kier alpha value is -2.16. The van der Waals surface area contributed by atoms with Crippen molar-refractivity contribution >= 4 is 31.9 Å². The zero-order chi connectivity index (χ0) is 18.2. The highest BCUT2D eigenvalue weighted by Gasteiger charge is 2.51. The summed E-state index contributed by atoms with van der Waals surface area (Å²) in [6.07, 6.45) is 0. The number of benzene rings is 4. The molecule has 1 spiro atoms. The fourth-order valence-corrected chi connectivity index (χ4v) is 5.82. The van der Waals surface area contributed by atoms with E-state index in [1.54, 1.807) is 0 Å². The Morgan fingerprint density at radius 2 is 0.852 bits per heavy atom. The van der Waals surface area contributed by atoms with Crippen molar-refractivity contribution in [2.75, 3.05) is 0 Å². The van der Waals surface area contributed by atoms with Crippen molar-refractivity contribution in [3.05, 3.63) is 116 Å². The van der Waals surface area contributed by atoms with Crippen LogP contribution in [0.5, 0.6) is 0 Å². The molecule has 0 saturated heterocycles. The summed E-state index contributed by atoms with van der Waals surface area (Å²) in [6.45, 7) is 0. The fourth-order valence-electron chi connectivity index (χ4n) is 5.09. The molecular formula is C25H14Br2. The number of hydrogen-bond acceptors (Lipinski definition) is 0. The van der Waals surface area contributed by atoms with Crippen LogP contribution in [-0.4, -0.2) is 0 Å². The smallest absolute Gasteiger partial charge is 0.0619 e. The van der Waals surface area contributed by atoms with Gasteiger partial charge in [-0.05, 0) is 68.8 Å². The third kappa shape index (κ3) is 1.88. The highest BCUT2D eigenvalue weighted by molar-refractivity contribution is 9.10. The van der Waals surface area contributed by atoms with Crippen LogP contribution in [0.4, 0.5) is 0 Å². The Kier molecular flexibility index (Phi) is 3.19. The summed E-state index contributed by atoms with van der Waals surface area (Å²) in [5.74, 6) is 0. The summed E-state index contributed by atoms with van der Waals surface area (Å²) >= 11 is 7.37. The van der Waals surface area contributed by atoms with E-state index in [4.69, 9.17) is 0 Å². The van der Waals surface area contributed by atoms with Crippen LogP contribution in [0, 0.1) is 0 Å². The van der Waals surface area contributed by atoms with Gasteiger partial charge in [0.2, 0.25) is 0 Å². The maximum Gasteiger partial charge on any atom is 0.0725 e. The molecule has 0 aromatic heterocycles. The molecular weight excluding hydrogens is 460 g/mol. The maximum atomic E-state index is 3.68. The van der Waals surface area contributed by atoms with Crippen molar-refractivity contribution in [3.8, 4) is 22.3 Å². The van der Waals surface area contributed by atoms with Crippen LogP contribution in [0.2, 0.25) is 0 Å². The van der Waals surface area contributed by atoms with Gasteiger partial charge in [0.25, 0.3) is 0 Å². The number of halogens is 2. The van der Waals surface area contributed by atoms with Crippen LogP contribution < -0.4 is 0 Å². The second-order valence-corrected chi connectivity index (χ2v) is 9.05. The van der Waals surface area contributed by atoms with Crippen LogP contribution in [-0.2, 0) is 5.41 Å². The number of hydrogen-bond donors (Lipinski definition) is 0. The third-order valence-corrected chi connectivity index (χ3v) is 7.00. The minimum atomic E-state index is -0.237. The predicted octanol–water partition coefficient (Wildman–Crippen LogP) is 7.56. The van der Waals surface area contributed by atoms with E-state index >= 15 is 0 Å². The van der Waals surface area contributed by atoms with Gasteiger partial charge < -0.3 is 0 Å². The maximum absolute atomic E-state index is 3.68. The van der Waals surface area contributed by atoms with Gasteiger partial charge in [0, 0.05) is 8.95 Å². The number of rotatable bonds is 0. The van der Waals surface area contributed by atoms with Gasteiger partial charge in [0.1, 0.15) is 0 Å². The topological polar surface area (TPSA) is 0 Å². The monoisotopic (exact) mass is 472 g/mol. The Labute approximate surface area is 175 Å². The molecule has 4 aromatic rings. The minimum absolute atomic E-state index is 0.237. The highest BCUT2D eigenvalue weighted by atomic mass is 79.9. The lowest BCUT2D eigenvalue weighted by Crippen LogP contribution is -2.25. The Morgan fingerprint density at radius 3 is 1.33 bits per heavy atom. The van der Waals surface area contributed by atoms with Crippen molar-refractivity contribution in [2.24, 2.45) is 0 Å². The molecule has 27 heavy (non-hydrogen) atoms. The molecule has 2 heteroatoms. The Morgan fingerprint density at radius 1 is 0.444 bits per heavy atom. The van der Waals surface area contributed by atoms with E-state index in [0.29, 0.717) is 0 Å².